The Morgan fingerprint density at radius 2 is 1.76 bits per heavy atom. The predicted molar refractivity (Wildman–Crippen MR) is 93.9 cm³/mol. The lowest BCUT2D eigenvalue weighted by Crippen LogP contribution is -2.32. The number of carbonyl (C=O) groups excluding carboxylic acids is 2. The molecule has 9 heteroatoms. The van der Waals surface area contributed by atoms with Gasteiger partial charge in [-0.05, 0) is 17.7 Å². The molecule has 2 heterocycles. The van der Waals surface area contributed by atoms with Gasteiger partial charge >= 0.3 is 11.8 Å². The highest BCUT2D eigenvalue weighted by Crippen LogP contribution is 2.25. The standard InChI is InChI=1S/C16H12N6O2S/c23-13(14(24)20-18-10-11-6-8-17-9-7-11)19-16-22-21-15(25-16)12-4-2-1-3-5-12/h1-10H,(H,20,24)(H,19,22,23)/b18-10-. The van der Waals surface area contributed by atoms with E-state index in [9.17, 15) is 9.59 Å². The number of rotatable bonds is 4. The normalized spacial score (nSPS) is 10.6. The summed E-state index contributed by atoms with van der Waals surface area (Å²) in [7, 11) is 0. The molecule has 124 valence electrons. The Kier molecular flexibility index (Phi) is 5.17. The van der Waals surface area contributed by atoms with Gasteiger partial charge in [0, 0.05) is 18.0 Å². The molecule has 0 aliphatic carbocycles. The van der Waals surface area contributed by atoms with Gasteiger partial charge < -0.3 is 0 Å². The number of hydrogen-bond acceptors (Lipinski definition) is 7. The fraction of sp³-hybridized carbons (Fsp3) is 0. The monoisotopic (exact) mass is 352 g/mol. The number of nitrogens with zero attached hydrogens (tertiary/aromatic N) is 4. The molecule has 0 spiro atoms. The van der Waals surface area contributed by atoms with Crippen LogP contribution in [0.25, 0.3) is 10.6 Å². The van der Waals surface area contributed by atoms with Gasteiger partial charge in [-0.2, -0.15) is 5.10 Å². The molecule has 0 fully saturated rings. The van der Waals surface area contributed by atoms with Gasteiger partial charge in [-0.25, -0.2) is 5.43 Å². The molecule has 1 aromatic carbocycles. The third kappa shape index (κ3) is 4.52. The van der Waals surface area contributed by atoms with Crippen LogP contribution >= 0.6 is 11.3 Å². The average molecular weight is 352 g/mol. The summed E-state index contributed by atoms with van der Waals surface area (Å²) in [5, 5.41) is 14.8. The van der Waals surface area contributed by atoms with Crippen molar-refractivity contribution in [3.05, 3.63) is 60.4 Å². The molecule has 0 unspecified atom stereocenters. The number of aromatic nitrogens is 3. The fourth-order valence-electron chi connectivity index (χ4n) is 1.79. The lowest BCUT2D eigenvalue weighted by atomic mass is 10.2. The molecule has 0 bridgehead atoms. The molecule has 0 aliphatic heterocycles. The molecule has 0 saturated heterocycles. The van der Waals surface area contributed by atoms with Crippen molar-refractivity contribution in [2.24, 2.45) is 5.10 Å². The second kappa shape index (κ2) is 7.88. The molecule has 0 aliphatic rings. The molecule has 2 aromatic heterocycles. The summed E-state index contributed by atoms with van der Waals surface area (Å²) in [6, 6.07) is 12.8. The Balaban J connectivity index is 1.56. The largest absolute Gasteiger partial charge is 0.329 e. The first-order chi connectivity index (χ1) is 12.2. The third-order valence-electron chi connectivity index (χ3n) is 2.96. The van der Waals surface area contributed by atoms with Crippen molar-refractivity contribution in [1.29, 1.82) is 0 Å². The van der Waals surface area contributed by atoms with Gasteiger partial charge in [0.25, 0.3) is 0 Å². The minimum atomic E-state index is -0.901. The van der Waals surface area contributed by atoms with Crippen molar-refractivity contribution in [2.45, 2.75) is 0 Å². The number of hydrogen-bond donors (Lipinski definition) is 2. The summed E-state index contributed by atoms with van der Waals surface area (Å²) in [6.45, 7) is 0. The van der Waals surface area contributed by atoms with Crippen LogP contribution in [0.1, 0.15) is 5.56 Å². The number of amides is 2. The molecular weight excluding hydrogens is 340 g/mol. The number of benzene rings is 1. The van der Waals surface area contributed by atoms with E-state index in [-0.39, 0.29) is 5.13 Å². The number of carbonyl (C=O) groups is 2. The van der Waals surface area contributed by atoms with E-state index in [0.717, 1.165) is 11.1 Å². The van der Waals surface area contributed by atoms with Crippen molar-refractivity contribution in [1.82, 2.24) is 20.6 Å². The highest BCUT2D eigenvalue weighted by Gasteiger charge is 2.16. The van der Waals surface area contributed by atoms with Crippen LogP contribution in [0.3, 0.4) is 0 Å². The Labute approximate surface area is 146 Å². The maximum Gasteiger partial charge on any atom is 0.329 e. The zero-order valence-electron chi connectivity index (χ0n) is 12.8. The Hall–Kier alpha value is -3.46. The van der Waals surface area contributed by atoms with Crippen LogP contribution < -0.4 is 10.7 Å². The zero-order chi connectivity index (χ0) is 17.5. The summed E-state index contributed by atoms with van der Waals surface area (Å²) in [5.41, 5.74) is 3.77. The van der Waals surface area contributed by atoms with Crippen LogP contribution in [0.15, 0.2) is 60.0 Å². The zero-order valence-corrected chi connectivity index (χ0v) is 13.6. The van der Waals surface area contributed by atoms with Crippen LogP contribution in [0.5, 0.6) is 0 Å². The maximum absolute atomic E-state index is 11.8. The van der Waals surface area contributed by atoms with Gasteiger partial charge in [0.05, 0.1) is 6.21 Å². The summed E-state index contributed by atoms with van der Waals surface area (Å²) < 4.78 is 0. The van der Waals surface area contributed by atoms with Crippen molar-refractivity contribution in [2.75, 3.05) is 5.32 Å². The molecule has 2 amide bonds. The van der Waals surface area contributed by atoms with Gasteiger partial charge in [0.2, 0.25) is 5.13 Å². The highest BCUT2D eigenvalue weighted by molar-refractivity contribution is 7.18. The first-order valence-corrected chi connectivity index (χ1v) is 7.97. The topological polar surface area (TPSA) is 109 Å². The van der Waals surface area contributed by atoms with E-state index >= 15 is 0 Å². The minimum Gasteiger partial charge on any atom is -0.292 e. The summed E-state index contributed by atoms with van der Waals surface area (Å²) >= 11 is 1.17. The minimum absolute atomic E-state index is 0.233. The second-order valence-corrected chi connectivity index (χ2v) is 5.69. The van der Waals surface area contributed by atoms with Gasteiger partial charge in [-0.3, -0.25) is 19.9 Å². The summed E-state index contributed by atoms with van der Waals surface area (Å²) in [6.07, 6.45) is 4.59. The lowest BCUT2D eigenvalue weighted by molar-refractivity contribution is -0.136. The second-order valence-electron chi connectivity index (χ2n) is 4.71. The van der Waals surface area contributed by atoms with Crippen molar-refractivity contribution < 1.29 is 9.59 Å². The molecule has 0 radical (unpaired) electrons. The Bertz CT molecular complexity index is 895. The van der Waals surface area contributed by atoms with E-state index in [2.05, 4.69) is 31.0 Å². The summed E-state index contributed by atoms with van der Waals surface area (Å²) in [4.78, 5) is 27.4. The molecule has 25 heavy (non-hydrogen) atoms. The van der Waals surface area contributed by atoms with Crippen molar-refractivity contribution in [3.63, 3.8) is 0 Å². The molecule has 2 N–H and O–H groups in total. The third-order valence-corrected chi connectivity index (χ3v) is 3.85. The quantitative estimate of drug-likeness (QED) is 0.422. The van der Waals surface area contributed by atoms with Gasteiger partial charge in [-0.15, -0.1) is 10.2 Å². The highest BCUT2D eigenvalue weighted by atomic mass is 32.1. The Morgan fingerprint density at radius 1 is 1.00 bits per heavy atom. The maximum atomic E-state index is 11.8. The average Bonchev–Trinajstić information content (AvgIpc) is 3.12. The van der Waals surface area contributed by atoms with E-state index in [1.807, 2.05) is 30.3 Å². The molecule has 3 aromatic rings. The first kappa shape index (κ1) is 16.4. The van der Waals surface area contributed by atoms with E-state index in [1.54, 1.807) is 24.5 Å². The molecule has 3 rings (SSSR count). The van der Waals surface area contributed by atoms with Crippen molar-refractivity contribution >= 4 is 34.5 Å². The van der Waals surface area contributed by atoms with Crippen LogP contribution in [0.4, 0.5) is 5.13 Å². The Morgan fingerprint density at radius 3 is 2.52 bits per heavy atom. The summed E-state index contributed by atoms with van der Waals surface area (Å²) in [5.74, 6) is -1.77. The van der Waals surface area contributed by atoms with Crippen LogP contribution in [-0.4, -0.2) is 33.2 Å². The number of anilines is 1. The van der Waals surface area contributed by atoms with E-state index < -0.39 is 11.8 Å². The molecule has 0 saturated carbocycles. The van der Waals surface area contributed by atoms with E-state index in [0.29, 0.717) is 5.01 Å². The molecular formula is C16H12N6O2S. The first-order valence-electron chi connectivity index (χ1n) is 7.16. The SMILES string of the molecule is O=C(N/N=C\c1ccncc1)C(=O)Nc1nnc(-c2ccccc2)s1. The van der Waals surface area contributed by atoms with Gasteiger partial charge in [0.1, 0.15) is 5.01 Å². The van der Waals surface area contributed by atoms with E-state index in [1.165, 1.54) is 17.6 Å². The smallest absolute Gasteiger partial charge is 0.292 e. The van der Waals surface area contributed by atoms with Crippen molar-refractivity contribution in [3.8, 4) is 10.6 Å². The molecule has 8 nitrogen and oxygen atoms in total. The van der Waals surface area contributed by atoms with Crippen LogP contribution in [-0.2, 0) is 9.59 Å². The lowest BCUT2D eigenvalue weighted by Gasteiger charge is -1.99. The van der Waals surface area contributed by atoms with E-state index in [4.69, 9.17) is 0 Å². The number of hydrazone groups is 1. The number of nitrogens with one attached hydrogen (secondary N) is 2. The number of pyridine rings is 1. The molecule has 0 atom stereocenters. The predicted octanol–water partition coefficient (Wildman–Crippen LogP) is 1.69. The van der Waals surface area contributed by atoms with Gasteiger partial charge in [-0.1, -0.05) is 41.7 Å². The fourth-order valence-corrected chi connectivity index (χ4v) is 2.53. The van der Waals surface area contributed by atoms with Crippen LogP contribution in [0, 0.1) is 0 Å². The van der Waals surface area contributed by atoms with Crippen LogP contribution in [0.2, 0.25) is 0 Å². The van der Waals surface area contributed by atoms with Gasteiger partial charge in [0.15, 0.2) is 0 Å².